The van der Waals surface area contributed by atoms with Crippen molar-refractivity contribution in [1.29, 1.82) is 0 Å². The quantitative estimate of drug-likeness (QED) is 0.848. The molecule has 1 amide bonds. The number of nitrogens with one attached hydrogen (secondary N) is 2. The Morgan fingerprint density at radius 3 is 2.78 bits per heavy atom. The Bertz CT molecular complexity index is 383. The molecule has 1 aliphatic rings. The van der Waals surface area contributed by atoms with Gasteiger partial charge < -0.3 is 15.4 Å². The van der Waals surface area contributed by atoms with Gasteiger partial charge in [-0.2, -0.15) is 0 Å². The van der Waals surface area contributed by atoms with Gasteiger partial charge in [-0.3, -0.25) is 4.79 Å². The van der Waals surface area contributed by atoms with Crippen molar-refractivity contribution in [3.8, 4) is 5.75 Å². The highest BCUT2D eigenvalue weighted by atomic mass is 16.5. The van der Waals surface area contributed by atoms with Crippen molar-refractivity contribution in [3.63, 3.8) is 0 Å². The summed E-state index contributed by atoms with van der Waals surface area (Å²) >= 11 is 0. The number of amides is 1. The molecule has 1 atom stereocenters. The summed E-state index contributed by atoms with van der Waals surface area (Å²) in [6.45, 7) is 1.52. The van der Waals surface area contributed by atoms with Crippen LogP contribution in [0.15, 0.2) is 24.3 Å². The summed E-state index contributed by atoms with van der Waals surface area (Å²) in [5, 5.41) is 6.21. The summed E-state index contributed by atoms with van der Waals surface area (Å²) in [5.74, 6) is 0.935. The number of ether oxygens (including phenoxy) is 1. The van der Waals surface area contributed by atoms with Gasteiger partial charge in [-0.05, 0) is 37.1 Å². The van der Waals surface area contributed by atoms with E-state index in [0.29, 0.717) is 6.54 Å². The van der Waals surface area contributed by atoms with Gasteiger partial charge in [0.2, 0.25) is 5.91 Å². The summed E-state index contributed by atoms with van der Waals surface area (Å²) in [6, 6.07) is 7.72. The second-order valence-electron chi connectivity index (χ2n) is 4.57. The van der Waals surface area contributed by atoms with Crippen molar-refractivity contribution < 1.29 is 9.53 Å². The van der Waals surface area contributed by atoms with Crippen LogP contribution in [0.25, 0.3) is 0 Å². The van der Waals surface area contributed by atoms with Crippen molar-refractivity contribution in [2.24, 2.45) is 0 Å². The van der Waals surface area contributed by atoms with Crippen LogP contribution in [0.4, 0.5) is 0 Å². The largest absolute Gasteiger partial charge is 0.497 e. The third kappa shape index (κ3) is 3.47. The Labute approximate surface area is 108 Å². The third-order valence-corrected chi connectivity index (χ3v) is 3.25. The van der Waals surface area contributed by atoms with Gasteiger partial charge in [0.1, 0.15) is 5.75 Å². The van der Waals surface area contributed by atoms with Gasteiger partial charge in [0.05, 0.1) is 13.2 Å². The molecule has 4 heteroatoms. The monoisotopic (exact) mass is 248 g/mol. The zero-order valence-corrected chi connectivity index (χ0v) is 10.7. The molecule has 1 saturated heterocycles. The first-order valence-electron chi connectivity index (χ1n) is 6.43. The number of benzene rings is 1. The average Bonchev–Trinajstić information content (AvgIpc) is 2.46. The number of rotatable bonds is 4. The van der Waals surface area contributed by atoms with Crippen LogP contribution >= 0.6 is 0 Å². The highest BCUT2D eigenvalue weighted by Crippen LogP contribution is 2.11. The fraction of sp³-hybridized carbons (Fsp3) is 0.500. The number of methoxy groups -OCH3 is 1. The van der Waals surface area contributed by atoms with Crippen LogP contribution in [0, 0.1) is 0 Å². The minimum atomic E-state index is -0.0167. The molecule has 0 aliphatic carbocycles. The van der Waals surface area contributed by atoms with Crippen molar-refractivity contribution in [3.05, 3.63) is 29.8 Å². The van der Waals surface area contributed by atoms with E-state index >= 15 is 0 Å². The number of carbonyl (C=O) groups is 1. The molecule has 0 unspecified atom stereocenters. The maximum Gasteiger partial charge on any atom is 0.237 e. The smallest absolute Gasteiger partial charge is 0.237 e. The molecule has 4 nitrogen and oxygen atoms in total. The fourth-order valence-corrected chi connectivity index (χ4v) is 2.13. The van der Waals surface area contributed by atoms with Gasteiger partial charge in [0.25, 0.3) is 0 Å². The van der Waals surface area contributed by atoms with Crippen LogP contribution in [-0.2, 0) is 11.3 Å². The molecule has 0 spiro atoms. The van der Waals surface area contributed by atoms with Crippen molar-refractivity contribution in [1.82, 2.24) is 10.6 Å². The van der Waals surface area contributed by atoms with Gasteiger partial charge in [-0.15, -0.1) is 0 Å². The molecule has 2 rings (SSSR count). The lowest BCUT2D eigenvalue weighted by atomic mass is 10.0. The van der Waals surface area contributed by atoms with Gasteiger partial charge in [0, 0.05) is 6.54 Å². The van der Waals surface area contributed by atoms with Gasteiger partial charge >= 0.3 is 0 Å². The highest BCUT2D eigenvalue weighted by molar-refractivity contribution is 5.81. The van der Waals surface area contributed by atoms with Crippen LogP contribution < -0.4 is 15.4 Å². The molecular formula is C14H20N2O2. The zero-order chi connectivity index (χ0) is 12.8. The van der Waals surface area contributed by atoms with E-state index in [1.54, 1.807) is 7.11 Å². The predicted octanol–water partition coefficient (Wildman–Crippen LogP) is 1.45. The molecule has 0 radical (unpaired) electrons. The van der Waals surface area contributed by atoms with Gasteiger partial charge in [-0.25, -0.2) is 0 Å². The molecule has 0 saturated carbocycles. The maximum atomic E-state index is 11.9. The number of piperidine rings is 1. The van der Waals surface area contributed by atoms with Crippen LogP contribution in [0.5, 0.6) is 5.75 Å². The first-order chi connectivity index (χ1) is 8.79. The van der Waals surface area contributed by atoms with E-state index in [9.17, 15) is 4.79 Å². The lowest BCUT2D eigenvalue weighted by Crippen LogP contribution is -2.46. The normalized spacial score (nSPS) is 19.3. The molecule has 1 aromatic carbocycles. The van der Waals surface area contributed by atoms with Crippen molar-refractivity contribution in [2.75, 3.05) is 13.7 Å². The minimum Gasteiger partial charge on any atom is -0.497 e. The van der Waals surface area contributed by atoms with Crippen LogP contribution in [0.1, 0.15) is 24.8 Å². The lowest BCUT2D eigenvalue weighted by molar-refractivity contribution is -0.123. The van der Waals surface area contributed by atoms with E-state index in [-0.39, 0.29) is 11.9 Å². The van der Waals surface area contributed by atoms with Crippen LogP contribution in [-0.4, -0.2) is 25.6 Å². The average molecular weight is 248 g/mol. The van der Waals surface area contributed by atoms with E-state index < -0.39 is 0 Å². The Hall–Kier alpha value is -1.55. The van der Waals surface area contributed by atoms with E-state index in [2.05, 4.69) is 10.6 Å². The van der Waals surface area contributed by atoms with E-state index in [0.717, 1.165) is 30.7 Å². The summed E-state index contributed by atoms with van der Waals surface area (Å²) in [4.78, 5) is 11.9. The van der Waals surface area contributed by atoms with E-state index in [1.807, 2.05) is 24.3 Å². The third-order valence-electron chi connectivity index (χ3n) is 3.25. The predicted molar refractivity (Wildman–Crippen MR) is 70.5 cm³/mol. The topological polar surface area (TPSA) is 50.4 Å². The first-order valence-corrected chi connectivity index (χ1v) is 6.43. The van der Waals surface area contributed by atoms with E-state index in [1.165, 1.54) is 6.42 Å². The Kier molecular flexibility index (Phi) is 4.59. The van der Waals surface area contributed by atoms with Crippen LogP contribution in [0.3, 0.4) is 0 Å². The Balaban J connectivity index is 1.80. The van der Waals surface area contributed by atoms with Gasteiger partial charge in [0.15, 0.2) is 0 Å². The fourth-order valence-electron chi connectivity index (χ4n) is 2.13. The number of hydrogen-bond donors (Lipinski definition) is 2. The molecule has 1 aliphatic heterocycles. The molecule has 1 aromatic rings. The molecule has 18 heavy (non-hydrogen) atoms. The van der Waals surface area contributed by atoms with Crippen molar-refractivity contribution >= 4 is 5.91 Å². The first kappa shape index (κ1) is 12.9. The van der Waals surface area contributed by atoms with Crippen molar-refractivity contribution in [2.45, 2.75) is 31.8 Å². The Morgan fingerprint density at radius 1 is 1.39 bits per heavy atom. The molecule has 1 heterocycles. The molecule has 2 N–H and O–H groups in total. The SMILES string of the molecule is COc1ccc(CNC(=O)[C@@H]2CCCCN2)cc1. The van der Waals surface area contributed by atoms with Gasteiger partial charge in [-0.1, -0.05) is 18.6 Å². The molecule has 1 fully saturated rings. The summed E-state index contributed by atoms with van der Waals surface area (Å²) < 4.78 is 5.09. The summed E-state index contributed by atoms with van der Waals surface area (Å²) in [5.41, 5.74) is 1.08. The minimum absolute atomic E-state index is 0.0167. The summed E-state index contributed by atoms with van der Waals surface area (Å²) in [6.07, 6.45) is 3.24. The van der Waals surface area contributed by atoms with E-state index in [4.69, 9.17) is 4.74 Å². The summed E-state index contributed by atoms with van der Waals surface area (Å²) in [7, 11) is 1.64. The zero-order valence-electron chi connectivity index (χ0n) is 10.7. The second-order valence-corrected chi connectivity index (χ2v) is 4.57. The lowest BCUT2D eigenvalue weighted by Gasteiger charge is -2.22. The molecule has 98 valence electrons. The standard InChI is InChI=1S/C14H20N2O2/c1-18-12-7-5-11(6-8-12)10-16-14(17)13-4-2-3-9-15-13/h5-8,13,15H,2-4,9-10H2,1H3,(H,16,17)/t13-/m0/s1. The molecule has 0 aromatic heterocycles. The molecular weight excluding hydrogens is 228 g/mol. The highest BCUT2D eigenvalue weighted by Gasteiger charge is 2.19. The number of carbonyl (C=O) groups excluding carboxylic acids is 1. The molecule has 0 bridgehead atoms. The Morgan fingerprint density at radius 2 is 2.17 bits per heavy atom. The maximum absolute atomic E-state index is 11.9. The van der Waals surface area contributed by atoms with Crippen LogP contribution in [0.2, 0.25) is 0 Å². The second kappa shape index (κ2) is 6.40. The number of hydrogen-bond acceptors (Lipinski definition) is 3.